The van der Waals surface area contributed by atoms with E-state index in [2.05, 4.69) is 53.9 Å². The lowest BCUT2D eigenvalue weighted by atomic mass is 10.1. The van der Waals surface area contributed by atoms with Crippen molar-refractivity contribution >= 4 is 45.3 Å². The Labute approximate surface area is 155 Å². The number of nitrogens with one attached hydrogen (secondary N) is 1. The van der Waals surface area contributed by atoms with Gasteiger partial charge < -0.3 is 10.1 Å². The Morgan fingerprint density at radius 1 is 1.30 bits per heavy atom. The molecule has 2 rings (SSSR count). The first-order valence-corrected chi connectivity index (χ1v) is 9.70. The number of anilines is 1. The second-order valence-electron chi connectivity index (χ2n) is 5.13. The second kappa shape index (κ2) is 8.59. The summed E-state index contributed by atoms with van der Waals surface area (Å²) in [6, 6.07) is 12.2. The summed E-state index contributed by atoms with van der Waals surface area (Å²) in [5.41, 5.74) is 4.23. The lowest BCUT2D eigenvalue weighted by molar-refractivity contribution is 0.269. The van der Waals surface area contributed by atoms with Crippen LogP contribution in [-0.2, 0) is 13.0 Å². The zero-order chi connectivity index (χ0) is 16.8. The third kappa shape index (κ3) is 4.88. The van der Waals surface area contributed by atoms with E-state index in [0.29, 0.717) is 6.61 Å². The summed E-state index contributed by atoms with van der Waals surface area (Å²) in [5.74, 6) is 0.878. The van der Waals surface area contributed by atoms with Crippen molar-refractivity contribution < 1.29 is 9.53 Å². The molecule has 2 aromatic rings. The molecule has 0 saturated heterocycles. The van der Waals surface area contributed by atoms with Crippen LogP contribution in [0.5, 0.6) is 5.75 Å². The van der Waals surface area contributed by atoms with Gasteiger partial charge in [-0.3, -0.25) is 4.79 Å². The van der Waals surface area contributed by atoms with Crippen molar-refractivity contribution in [3.8, 4) is 5.75 Å². The number of carbonyl (C=O) groups excluding carboxylic acids is 1. The standard InChI is InChI=1S/C18H20INO2S/c1-4-13-8-9-16(12(2)10-13)22-11-14-6-5-7-15(19)17(14)20-18(21)23-3/h5-10H,4,11H2,1-3H3,(H,20,21). The number of ether oxygens (including phenoxy) is 1. The molecule has 0 aromatic heterocycles. The molecule has 0 unspecified atom stereocenters. The maximum atomic E-state index is 11.7. The molecule has 0 heterocycles. The summed E-state index contributed by atoms with van der Waals surface area (Å²) < 4.78 is 6.98. The van der Waals surface area contributed by atoms with Crippen molar-refractivity contribution in [2.24, 2.45) is 0 Å². The van der Waals surface area contributed by atoms with Crippen molar-refractivity contribution in [1.29, 1.82) is 0 Å². The fourth-order valence-corrected chi connectivity index (χ4v) is 3.12. The molecule has 0 aliphatic carbocycles. The number of para-hydroxylation sites is 1. The van der Waals surface area contributed by atoms with Crippen molar-refractivity contribution in [1.82, 2.24) is 0 Å². The highest BCUT2D eigenvalue weighted by molar-refractivity contribution is 14.1. The van der Waals surface area contributed by atoms with Crippen LogP contribution in [0.15, 0.2) is 36.4 Å². The maximum Gasteiger partial charge on any atom is 0.283 e. The molecule has 5 heteroatoms. The SMILES string of the molecule is CCc1ccc(OCc2cccc(I)c2NC(=O)SC)c(C)c1. The number of hydrogen-bond acceptors (Lipinski definition) is 3. The molecule has 3 nitrogen and oxygen atoms in total. The van der Waals surface area contributed by atoms with Gasteiger partial charge in [0.05, 0.1) is 5.69 Å². The number of halogens is 1. The molecule has 0 radical (unpaired) electrons. The summed E-state index contributed by atoms with van der Waals surface area (Å²) >= 11 is 3.39. The zero-order valence-electron chi connectivity index (χ0n) is 13.5. The van der Waals surface area contributed by atoms with E-state index in [1.807, 2.05) is 24.3 Å². The van der Waals surface area contributed by atoms with Gasteiger partial charge in [0, 0.05) is 9.13 Å². The highest BCUT2D eigenvalue weighted by atomic mass is 127. The molecule has 0 fully saturated rings. The summed E-state index contributed by atoms with van der Waals surface area (Å²) in [5, 5.41) is 2.86. The van der Waals surface area contributed by atoms with Gasteiger partial charge in [0.25, 0.3) is 5.24 Å². The molecule has 122 valence electrons. The van der Waals surface area contributed by atoms with Gasteiger partial charge in [0.15, 0.2) is 0 Å². The number of carbonyl (C=O) groups is 1. The third-order valence-corrected chi connectivity index (χ3v) is 4.91. The molecule has 0 bridgehead atoms. The van der Waals surface area contributed by atoms with Crippen LogP contribution >= 0.6 is 34.4 Å². The molecular formula is C18H20INO2S. The number of hydrogen-bond donors (Lipinski definition) is 1. The first kappa shape index (κ1) is 18.1. The van der Waals surface area contributed by atoms with Crippen LogP contribution in [0.3, 0.4) is 0 Å². The van der Waals surface area contributed by atoms with E-state index in [1.165, 1.54) is 5.56 Å². The number of aryl methyl sites for hydroxylation is 2. The Hall–Kier alpha value is -1.21. The number of thioether (sulfide) groups is 1. The van der Waals surface area contributed by atoms with Gasteiger partial charge in [0.2, 0.25) is 0 Å². The Bertz CT molecular complexity index is 703. The van der Waals surface area contributed by atoms with E-state index < -0.39 is 0 Å². The van der Waals surface area contributed by atoms with Crippen molar-refractivity contribution in [3.05, 3.63) is 56.7 Å². The van der Waals surface area contributed by atoms with E-state index in [1.54, 1.807) is 6.26 Å². The van der Waals surface area contributed by atoms with Gasteiger partial charge in [-0.15, -0.1) is 0 Å². The summed E-state index contributed by atoms with van der Waals surface area (Å²) in [7, 11) is 0. The van der Waals surface area contributed by atoms with Crippen molar-refractivity contribution in [2.45, 2.75) is 26.9 Å². The van der Waals surface area contributed by atoms with Gasteiger partial charge in [-0.2, -0.15) is 0 Å². The quantitative estimate of drug-likeness (QED) is 0.611. The van der Waals surface area contributed by atoms with Crippen LogP contribution in [0, 0.1) is 10.5 Å². The minimum Gasteiger partial charge on any atom is -0.489 e. The molecule has 1 amide bonds. The molecule has 0 spiro atoms. The topological polar surface area (TPSA) is 38.3 Å². The van der Waals surface area contributed by atoms with E-state index in [-0.39, 0.29) is 5.24 Å². The molecular weight excluding hydrogens is 421 g/mol. The normalized spacial score (nSPS) is 10.4. The lowest BCUT2D eigenvalue weighted by Crippen LogP contribution is -2.10. The summed E-state index contributed by atoms with van der Waals surface area (Å²) in [4.78, 5) is 11.7. The largest absolute Gasteiger partial charge is 0.489 e. The van der Waals surface area contributed by atoms with Gasteiger partial charge >= 0.3 is 0 Å². The van der Waals surface area contributed by atoms with E-state index in [9.17, 15) is 4.79 Å². The minimum atomic E-state index is -0.0705. The van der Waals surface area contributed by atoms with Crippen LogP contribution in [-0.4, -0.2) is 11.5 Å². The lowest BCUT2D eigenvalue weighted by Gasteiger charge is -2.15. The van der Waals surface area contributed by atoms with Crippen LogP contribution in [0.4, 0.5) is 10.5 Å². The predicted octanol–water partition coefficient (Wildman–Crippen LogP) is 5.64. The van der Waals surface area contributed by atoms with Gasteiger partial charge in [0.1, 0.15) is 12.4 Å². The third-order valence-electron chi connectivity index (χ3n) is 3.54. The van der Waals surface area contributed by atoms with Crippen LogP contribution in [0.2, 0.25) is 0 Å². The maximum absolute atomic E-state index is 11.7. The Morgan fingerprint density at radius 3 is 2.74 bits per heavy atom. The number of rotatable bonds is 5. The first-order chi connectivity index (χ1) is 11.0. The minimum absolute atomic E-state index is 0.0705. The van der Waals surface area contributed by atoms with E-state index >= 15 is 0 Å². The number of benzene rings is 2. The van der Waals surface area contributed by atoms with Crippen LogP contribution in [0.1, 0.15) is 23.6 Å². The molecule has 0 aliphatic rings. The average Bonchev–Trinajstić information content (AvgIpc) is 2.56. The van der Waals surface area contributed by atoms with Gasteiger partial charge in [-0.1, -0.05) is 43.0 Å². The Morgan fingerprint density at radius 2 is 2.09 bits per heavy atom. The number of amides is 1. The van der Waals surface area contributed by atoms with Crippen molar-refractivity contribution in [2.75, 3.05) is 11.6 Å². The summed E-state index contributed by atoms with van der Waals surface area (Å²) in [6.45, 7) is 4.62. The Balaban J connectivity index is 2.17. The fraction of sp³-hybridized carbons (Fsp3) is 0.278. The average molecular weight is 441 g/mol. The second-order valence-corrected chi connectivity index (χ2v) is 7.07. The van der Waals surface area contributed by atoms with Crippen LogP contribution in [0.25, 0.3) is 0 Å². The first-order valence-electron chi connectivity index (χ1n) is 7.39. The molecule has 0 saturated carbocycles. The molecule has 0 aliphatic heterocycles. The molecule has 23 heavy (non-hydrogen) atoms. The zero-order valence-corrected chi connectivity index (χ0v) is 16.5. The highest BCUT2D eigenvalue weighted by Crippen LogP contribution is 2.27. The molecule has 1 N–H and O–H groups in total. The van der Waals surface area contributed by atoms with E-state index in [0.717, 1.165) is 44.3 Å². The molecule has 0 atom stereocenters. The fourth-order valence-electron chi connectivity index (χ4n) is 2.23. The van der Waals surface area contributed by atoms with Gasteiger partial charge in [-0.25, -0.2) is 0 Å². The smallest absolute Gasteiger partial charge is 0.283 e. The monoisotopic (exact) mass is 441 g/mol. The predicted molar refractivity (Wildman–Crippen MR) is 107 cm³/mol. The highest BCUT2D eigenvalue weighted by Gasteiger charge is 2.11. The van der Waals surface area contributed by atoms with Gasteiger partial charge in [-0.05, 0) is 65.5 Å². The molecule has 2 aromatic carbocycles. The van der Waals surface area contributed by atoms with E-state index in [4.69, 9.17) is 4.74 Å². The summed E-state index contributed by atoms with van der Waals surface area (Å²) in [6.07, 6.45) is 2.78. The van der Waals surface area contributed by atoms with Crippen LogP contribution < -0.4 is 10.1 Å². The Kier molecular flexibility index (Phi) is 6.77. The van der Waals surface area contributed by atoms with Crippen molar-refractivity contribution in [3.63, 3.8) is 0 Å².